The summed E-state index contributed by atoms with van der Waals surface area (Å²) in [7, 11) is -3.28. The Balaban J connectivity index is 1.51. The van der Waals surface area contributed by atoms with Gasteiger partial charge in [0.25, 0.3) is 0 Å². The summed E-state index contributed by atoms with van der Waals surface area (Å²) in [5, 5.41) is 2.42. The van der Waals surface area contributed by atoms with Gasteiger partial charge in [-0.1, -0.05) is 60.7 Å². The van der Waals surface area contributed by atoms with Crippen molar-refractivity contribution in [1.82, 2.24) is 4.98 Å². The summed E-state index contributed by atoms with van der Waals surface area (Å²) in [5.74, 6) is 0. The number of rotatable bonds is 4. The fourth-order valence-corrected chi connectivity index (χ4v) is 5.10. The molecular weight excluding hydrogens is 378 g/mol. The molecule has 0 atom stereocenters. The number of nitrogens with zero attached hydrogens (tertiary/aromatic N) is 1. The van der Waals surface area contributed by atoms with Crippen LogP contribution in [0.3, 0.4) is 0 Å². The Morgan fingerprint density at radius 2 is 1.59 bits per heavy atom. The van der Waals surface area contributed by atoms with Crippen molar-refractivity contribution in [3.63, 3.8) is 0 Å². The Hall–Kier alpha value is -3.24. The smallest absolute Gasteiger partial charge is 0.200 e. The Kier molecular flexibility index (Phi) is 4.29. The van der Waals surface area contributed by atoms with Crippen LogP contribution in [0.1, 0.15) is 16.7 Å². The van der Waals surface area contributed by atoms with Gasteiger partial charge >= 0.3 is 0 Å². The third-order valence-electron chi connectivity index (χ3n) is 5.37. The van der Waals surface area contributed by atoms with Crippen LogP contribution in [0.5, 0.6) is 0 Å². The van der Waals surface area contributed by atoms with Gasteiger partial charge < -0.3 is 0 Å². The summed E-state index contributed by atoms with van der Waals surface area (Å²) in [5.41, 5.74) is 6.04. The number of para-hydroxylation sites is 1. The lowest BCUT2D eigenvalue weighted by Gasteiger charge is -2.11. The molecule has 5 rings (SSSR count). The molecule has 0 bridgehead atoms. The van der Waals surface area contributed by atoms with E-state index in [0.29, 0.717) is 4.90 Å². The summed E-state index contributed by atoms with van der Waals surface area (Å²) >= 11 is 0. The van der Waals surface area contributed by atoms with E-state index in [0.717, 1.165) is 46.1 Å². The van der Waals surface area contributed by atoms with Gasteiger partial charge in [0.2, 0.25) is 0 Å². The molecule has 142 valence electrons. The predicted molar refractivity (Wildman–Crippen MR) is 117 cm³/mol. The minimum atomic E-state index is -3.28. The number of sulfone groups is 1. The van der Waals surface area contributed by atoms with Crippen LogP contribution in [0.2, 0.25) is 0 Å². The SMILES string of the molecule is O=S1(=O)C=Cc2ccc(CCc3cc(-c4ccccc4)nc4ccccc34)cc21. The summed E-state index contributed by atoms with van der Waals surface area (Å²) in [6.07, 6.45) is 3.25. The quantitative estimate of drug-likeness (QED) is 0.460. The zero-order valence-electron chi connectivity index (χ0n) is 15.7. The van der Waals surface area contributed by atoms with Gasteiger partial charge in [-0.2, -0.15) is 0 Å². The molecule has 3 aromatic carbocycles. The first kappa shape index (κ1) is 17.8. The standard InChI is InChI=1S/C25H19NO2S/c27-29(28)15-14-20-12-10-18(16-25(20)29)11-13-21-17-24(19-6-2-1-3-7-19)26-23-9-5-4-8-22(21)23/h1-10,12,14-17H,11,13H2. The van der Waals surface area contributed by atoms with Crippen molar-refractivity contribution in [3.05, 3.63) is 101 Å². The van der Waals surface area contributed by atoms with Crippen LogP contribution in [-0.4, -0.2) is 13.4 Å². The van der Waals surface area contributed by atoms with E-state index >= 15 is 0 Å². The van der Waals surface area contributed by atoms with Gasteiger partial charge in [-0.25, -0.2) is 13.4 Å². The molecule has 4 heteroatoms. The summed E-state index contributed by atoms with van der Waals surface area (Å²) in [6.45, 7) is 0. The molecule has 0 radical (unpaired) electrons. The first-order valence-corrected chi connectivity index (χ1v) is 11.1. The lowest BCUT2D eigenvalue weighted by Crippen LogP contribution is -1.99. The van der Waals surface area contributed by atoms with Crippen molar-refractivity contribution in [2.24, 2.45) is 0 Å². The van der Waals surface area contributed by atoms with Crippen LogP contribution in [0, 0.1) is 0 Å². The number of aryl methyl sites for hydroxylation is 2. The lowest BCUT2D eigenvalue weighted by molar-refractivity contribution is 0.605. The normalized spacial score (nSPS) is 14.2. The molecule has 0 saturated heterocycles. The highest BCUT2D eigenvalue weighted by Gasteiger charge is 2.20. The fourth-order valence-electron chi connectivity index (χ4n) is 3.84. The van der Waals surface area contributed by atoms with Crippen molar-refractivity contribution in [1.29, 1.82) is 0 Å². The Labute approximate surface area is 170 Å². The highest BCUT2D eigenvalue weighted by atomic mass is 32.2. The summed E-state index contributed by atoms with van der Waals surface area (Å²) in [4.78, 5) is 5.26. The Morgan fingerprint density at radius 1 is 0.793 bits per heavy atom. The zero-order chi connectivity index (χ0) is 19.8. The molecule has 0 saturated carbocycles. The van der Waals surface area contributed by atoms with Crippen molar-refractivity contribution in [2.45, 2.75) is 17.7 Å². The molecule has 2 heterocycles. The second-order valence-corrected chi connectivity index (χ2v) is 9.07. The molecule has 0 spiro atoms. The molecule has 3 nitrogen and oxygen atoms in total. The summed E-state index contributed by atoms with van der Waals surface area (Å²) < 4.78 is 24.3. The Morgan fingerprint density at radius 3 is 2.45 bits per heavy atom. The molecular formula is C25H19NO2S. The Bertz CT molecular complexity index is 1360. The third-order valence-corrected chi connectivity index (χ3v) is 6.83. The predicted octanol–water partition coefficient (Wildman–Crippen LogP) is 5.45. The van der Waals surface area contributed by atoms with Gasteiger partial charge in [0.1, 0.15) is 0 Å². The molecule has 0 N–H and O–H groups in total. The second-order valence-electron chi connectivity index (χ2n) is 7.27. The molecule has 0 amide bonds. The van der Waals surface area contributed by atoms with E-state index in [1.54, 1.807) is 6.08 Å². The number of aromatic nitrogens is 1. The molecule has 1 aliphatic rings. The maximum Gasteiger partial charge on any atom is 0.200 e. The van der Waals surface area contributed by atoms with E-state index in [1.807, 2.05) is 54.6 Å². The van der Waals surface area contributed by atoms with Gasteiger partial charge in [0, 0.05) is 16.4 Å². The van der Waals surface area contributed by atoms with Crippen LogP contribution in [0.15, 0.2) is 89.2 Å². The molecule has 0 unspecified atom stereocenters. The van der Waals surface area contributed by atoms with E-state index in [-0.39, 0.29) is 0 Å². The first-order chi connectivity index (χ1) is 14.1. The van der Waals surface area contributed by atoms with Gasteiger partial charge in [0.05, 0.1) is 16.1 Å². The van der Waals surface area contributed by atoms with Crippen molar-refractivity contribution in [3.8, 4) is 11.3 Å². The minimum Gasteiger partial charge on any atom is -0.248 e. The van der Waals surface area contributed by atoms with Gasteiger partial charge in [-0.3, -0.25) is 0 Å². The average molecular weight is 397 g/mol. The first-order valence-electron chi connectivity index (χ1n) is 9.60. The molecule has 29 heavy (non-hydrogen) atoms. The van der Waals surface area contributed by atoms with E-state index in [1.165, 1.54) is 11.0 Å². The van der Waals surface area contributed by atoms with E-state index in [4.69, 9.17) is 4.98 Å². The molecule has 1 aliphatic heterocycles. The third kappa shape index (κ3) is 3.36. The van der Waals surface area contributed by atoms with Gasteiger partial charge in [0.15, 0.2) is 9.84 Å². The average Bonchev–Trinajstić information content (AvgIpc) is 3.06. The number of fused-ring (bicyclic) bond motifs is 2. The zero-order valence-corrected chi connectivity index (χ0v) is 16.6. The van der Waals surface area contributed by atoms with Crippen LogP contribution in [0.4, 0.5) is 0 Å². The van der Waals surface area contributed by atoms with E-state index in [9.17, 15) is 8.42 Å². The fraction of sp³-hybridized carbons (Fsp3) is 0.0800. The van der Waals surface area contributed by atoms with Gasteiger partial charge in [-0.05, 0) is 53.8 Å². The molecule has 0 aliphatic carbocycles. The van der Waals surface area contributed by atoms with Crippen LogP contribution >= 0.6 is 0 Å². The van der Waals surface area contributed by atoms with Crippen LogP contribution in [0.25, 0.3) is 28.2 Å². The maximum atomic E-state index is 12.2. The minimum absolute atomic E-state index is 0.416. The van der Waals surface area contributed by atoms with Crippen molar-refractivity contribution < 1.29 is 8.42 Å². The highest BCUT2D eigenvalue weighted by molar-refractivity contribution is 7.94. The number of benzene rings is 3. The lowest BCUT2D eigenvalue weighted by atomic mass is 9.98. The topological polar surface area (TPSA) is 47.0 Å². The molecule has 4 aromatic rings. The maximum absolute atomic E-state index is 12.2. The monoisotopic (exact) mass is 397 g/mol. The second kappa shape index (κ2) is 6.98. The van der Waals surface area contributed by atoms with E-state index in [2.05, 4.69) is 24.3 Å². The highest BCUT2D eigenvalue weighted by Crippen LogP contribution is 2.29. The summed E-state index contributed by atoms with van der Waals surface area (Å²) in [6, 6.07) is 26.2. The number of hydrogen-bond acceptors (Lipinski definition) is 3. The van der Waals surface area contributed by atoms with E-state index < -0.39 is 9.84 Å². The number of pyridine rings is 1. The van der Waals surface area contributed by atoms with Gasteiger partial charge in [-0.15, -0.1) is 0 Å². The van der Waals surface area contributed by atoms with Crippen LogP contribution in [-0.2, 0) is 22.7 Å². The largest absolute Gasteiger partial charge is 0.248 e. The molecule has 1 aromatic heterocycles. The van der Waals surface area contributed by atoms with Crippen LogP contribution < -0.4 is 0 Å². The van der Waals surface area contributed by atoms with Crippen molar-refractivity contribution >= 4 is 26.8 Å². The molecule has 0 fully saturated rings. The number of hydrogen-bond donors (Lipinski definition) is 0. The van der Waals surface area contributed by atoms with Crippen molar-refractivity contribution in [2.75, 3.05) is 0 Å².